The number of hydrogen-bond donors (Lipinski definition) is 2. The Bertz CT molecular complexity index is 690. The fraction of sp³-hybridized carbons (Fsp3) is 0.636. The third-order valence-electron chi connectivity index (χ3n) is 7.58. The van der Waals surface area contributed by atoms with Crippen LogP contribution in [0.4, 0.5) is 4.79 Å². The van der Waals surface area contributed by atoms with Crippen LogP contribution in [0, 0.1) is 5.41 Å². The minimum Gasteiger partial charge on any atom is -0.336 e. The molecule has 2 amide bonds. The van der Waals surface area contributed by atoms with Crippen LogP contribution in [0.15, 0.2) is 35.3 Å². The summed E-state index contributed by atoms with van der Waals surface area (Å²) < 4.78 is 0. The number of benzene rings is 1. The average Bonchev–Trinajstić information content (AvgIpc) is 2.97. The Hall–Kier alpha value is -1.88. The van der Waals surface area contributed by atoms with E-state index in [1.165, 1.54) is 12.0 Å². The standard InChI is InChI=1S/C22H32N4O/c1-23-15-20(9-6-10-20)17-26-19(27)25-16-21(26)11-13-22(24-2,14-12-21)18-7-4-3-5-8-18/h3-5,7-8,24H,1,6,9-17H2,2H3,(H,25,27). The molecule has 2 aliphatic carbocycles. The van der Waals surface area contributed by atoms with Crippen LogP contribution in [0.25, 0.3) is 0 Å². The van der Waals surface area contributed by atoms with Crippen LogP contribution >= 0.6 is 0 Å². The molecule has 1 spiro atoms. The highest BCUT2D eigenvalue weighted by molar-refractivity contribution is 5.78. The largest absolute Gasteiger partial charge is 0.336 e. The molecule has 146 valence electrons. The Labute approximate surface area is 162 Å². The number of carbonyl (C=O) groups is 1. The molecule has 0 radical (unpaired) electrons. The van der Waals surface area contributed by atoms with Crippen molar-refractivity contribution in [3.8, 4) is 0 Å². The molecule has 3 fully saturated rings. The summed E-state index contributed by atoms with van der Waals surface area (Å²) in [6.07, 6.45) is 7.72. The Balaban J connectivity index is 1.53. The lowest BCUT2D eigenvalue weighted by molar-refractivity contribution is 0.0223. The third kappa shape index (κ3) is 3.06. The number of amides is 2. The lowest BCUT2D eigenvalue weighted by Crippen LogP contribution is -2.58. The normalized spacial score (nSPS) is 32.2. The molecule has 1 aliphatic heterocycles. The maximum Gasteiger partial charge on any atom is 0.318 e. The number of carbonyl (C=O) groups excluding carboxylic acids is 1. The zero-order chi connectivity index (χ0) is 19.0. The van der Waals surface area contributed by atoms with Crippen molar-refractivity contribution >= 4 is 12.7 Å². The summed E-state index contributed by atoms with van der Waals surface area (Å²) in [5, 5.41) is 6.76. The van der Waals surface area contributed by atoms with Gasteiger partial charge in [0.1, 0.15) is 0 Å². The predicted molar refractivity (Wildman–Crippen MR) is 109 cm³/mol. The van der Waals surface area contributed by atoms with Gasteiger partial charge >= 0.3 is 6.03 Å². The highest BCUT2D eigenvalue weighted by Crippen LogP contribution is 2.48. The summed E-state index contributed by atoms with van der Waals surface area (Å²) in [4.78, 5) is 19.1. The topological polar surface area (TPSA) is 56.7 Å². The molecule has 0 unspecified atom stereocenters. The van der Waals surface area contributed by atoms with Crippen molar-refractivity contribution in [2.75, 3.05) is 26.7 Å². The quantitative estimate of drug-likeness (QED) is 0.757. The molecule has 2 saturated carbocycles. The van der Waals surface area contributed by atoms with Gasteiger partial charge in [-0.15, -0.1) is 0 Å². The Kier molecular flexibility index (Phi) is 4.75. The molecular weight excluding hydrogens is 336 g/mol. The molecule has 1 aromatic rings. The van der Waals surface area contributed by atoms with Gasteiger partial charge in [-0.25, -0.2) is 4.79 Å². The van der Waals surface area contributed by atoms with E-state index in [2.05, 4.69) is 64.6 Å². The van der Waals surface area contributed by atoms with E-state index in [-0.39, 0.29) is 22.5 Å². The van der Waals surface area contributed by atoms with Crippen molar-refractivity contribution in [1.29, 1.82) is 0 Å². The first-order valence-corrected chi connectivity index (χ1v) is 10.3. The Morgan fingerprint density at radius 2 is 1.85 bits per heavy atom. The zero-order valence-electron chi connectivity index (χ0n) is 16.5. The summed E-state index contributed by atoms with van der Waals surface area (Å²) in [5.41, 5.74) is 1.49. The van der Waals surface area contributed by atoms with Gasteiger partial charge in [0.25, 0.3) is 0 Å². The molecule has 3 aliphatic rings. The summed E-state index contributed by atoms with van der Waals surface area (Å²) >= 11 is 0. The van der Waals surface area contributed by atoms with Crippen LogP contribution in [0.3, 0.4) is 0 Å². The Morgan fingerprint density at radius 1 is 1.15 bits per heavy atom. The van der Waals surface area contributed by atoms with Gasteiger partial charge < -0.3 is 20.5 Å². The van der Waals surface area contributed by atoms with Gasteiger partial charge in [-0.1, -0.05) is 36.8 Å². The smallest absolute Gasteiger partial charge is 0.318 e. The molecule has 0 atom stereocenters. The fourth-order valence-corrected chi connectivity index (χ4v) is 5.53. The number of nitrogens with zero attached hydrogens (tertiary/aromatic N) is 2. The first-order valence-electron chi connectivity index (χ1n) is 10.3. The van der Waals surface area contributed by atoms with Crippen LogP contribution in [-0.2, 0) is 5.54 Å². The minimum absolute atomic E-state index is 0.0145. The average molecular weight is 369 g/mol. The molecule has 2 N–H and O–H groups in total. The highest BCUT2D eigenvalue weighted by Gasteiger charge is 2.53. The molecule has 5 heteroatoms. The van der Waals surface area contributed by atoms with E-state index in [1.54, 1.807) is 0 Å². The summed E-state index contributed by atoms with van der Waals surface area (Å²) in [6, 6.07) is 10.9. The summed E-state index contributed by atoms with van der Waals surface area (Å²) in [5.74, 6) is 0. The SMILES string of the molecule is C=NCC1(CN2C(=O)NCC23CCC(NC)(c2ccccc2)CC3)CCC1. The Morgan fingerprint density at radius 3 is 2.41 bits per heavy atom. The van der Waals surface area contributed by atoms with Crippen LogP contribution in [0.1, 0.15) is 50.5 Å². The predicted octanol–water partition coefficient (Wildman–Crippen LogP) is 3.31. The van der Waals surface area contributed by atoms with E-state index in [0.29, 0.717) is 0 Å². The van der Waals surface area contributed by atoms with E-state index in [9.17, 15) is 4.79 Å². The van der Waals surface area contributed by atoms with Gasteiger partial charge in [0, 0.05) is 30.6 Å². The second kappa shape index (κ2) is 6.93. The van der Waals surface area contributed by atoms with E-state index < -0.39 is 0 Å². The number of hydrogen-bond acceptors (Lipinski definition) is 3. The van der Waals surface area contributed by atoms with Crippen molar-refractivity contribution in [2.45, 2.75) is 56.0 Å². The molecule has 0 aromatic heterocycles. The van der Waals surface area contributed by atoms with Gasteiger partial charge in [-0.2, -0.15) is 0 Å². The number of rotatable bonds is 6. The van der Waals surface area contributed by atoms with Crippen molar-refractivity contribution in [3.05, 3.63) is 35.9 Å². The molecule has 4 rings (SSSR count). The van der Waals surface area contributed by atoms with Crippen molar-refractivity contribution in [2.24, 2.45) is 10.4 Å². The van der Waals surface area contributed by atoms with Crippen LogP contribution in [0.2, 0.25) is 0 Å². The van der Waals surface area contributed by atoms with E-state index in [4.69, 9.17) is 0 Å². The van der Waals surface area contributed by atoms with Crippen molar-refractivity contribution < 1.29 is 4.79 Å². The second-order valence-electron chi connectivity index (χ2n) is 8.90. The fourth-order valence-electron chi connectivity index (χ4n) is 5.53. The second-order valence-corrected chi connectivity index (χ2v) is 8.90. The maximum atomic E-state index is 12.7. The maximum absolute atomic E-state index is 12.7. The molecule has 1 aromatic carbocycles. The molecule has 27 heavy (non-hydrogen) atoms. The number of nitrogens with one attached hydrogen (secondary N) is 2. The summed E-state index contributed by atoms with van der Waals surface area (Å²) in [7, 11) is 2.07. The van der Waals surface area contributed by atoms with Gasteiger partial charge in [0.05, 0.1) is 5.54 Å². The lowest BCUT2D eigenvalue weighted by Gasteiger charge is -2.51. The molecule has 0 bridgehead atoms. The van der Waals surface area contributed by atoms with Gasteiger partial charge in [0.2, 0.25) is 0 Å². The van der Waals surface area contributed by atoms with Gasteiger partial charge in [0.15, 0.2) is 0 Å². The van der Waals surface area contributed by atoms with Gasteiger partial charge in [-0.05, 0) is 57.9 Å². The van der Waals surface area contributed by atoms with E-state index in [0.717, 1.165) is 58.2 Å². The van der Waals surface area contributed by atoms with Crippen molar-refractivity contribution in [1.82, 2.24) is 15.5 Å². The minimum atomic E-state index is -0.0457. The first-order chi connectivity index (χ1) is 13.1. The zero-order valence-corrected chi connectivity index (χ0v) is 16.5. The monoisotopic (exact) mass is 368 g/mol. The van der Waals surface area contributed by atoms with Crippen LogP contribution in [0.5, 0.6) is 0 Å². The van der Waals surface area contributed by atoms with E-state index in [1.807, 2.05) is 0 Å². The van der Waals surface area contributed by atoms with Crippen LogP contribution < -0.4 is 10.6 Å². The third-order valence-corrected chi connectivity index (χ3v) is 7.58. The number of urea groups is 1. The molecule has 1 heterocycles. The first kappa shape index (κ1) is 18.5. The van der Waals surface area contributed by atoms with E-state index >= 15 is 0 Å². The lowest BCUT2D eigenvalue weighted by atomic mass is 9.66. The van der Waals surface area contributed by atoms with Gasteiger partial charge in [-0.3, -0.25) is 0 Å². The van der Waals surface area contributed by atoms with Crippen molar-refractivity contribution in [3.63, 3.8) is 0 Å². The summed E-state index contributed by atoms with van der Waals surface area (Å²) in [6.45, 7) is 6.09. The molecule has 1 saturated heterocycles. The molecule has 5 nitrogen and oxygen atoms in total. The molecular formula is C22H32N4O. The highest BCUT2D eigenvalue weighted by atomic mass is 16.2. The van der Waals surface area contributed by atoms with Crippen LogP contribution in [-0.4, -0.2) is 49.9 Å². The number of aliphatic imine (C=N–C) groups is 1.